The summed E-state index contributed by atoms with van der Waals surface area (Å²) in [7, 11) is 0. The number of benzene rings is 3. The molecule has 1 aliphatic rings. The van der Waals surface area contributed by atoms with Crippen LogP contribution in [0.25, 0.3) is 0 Å². The summed E-state index contributed by atoms with van der Waals surface area (Å²) >= 11 is 1.87. The highest BCUT2D eigenvalue weighted by atomic mass is 32.1. The van der Waals surface area contributed by atoms with Gasteiger partial charge in [0.1, 0.15) is 12.4 Å². The third-order valence-electron chi connectivity index (χ3n) is 6.94. The molecule has 5 heteroatoms. The Balaban J connectivity index is 1.26. The van der Waals surface area contributed by atoms with Crippen molar-refractivity contribution in [1.29, 1.82) is 0 Å². The first kappa shape index (κ1) is 25.8. The van der Waals surface area contributed by atoms with Gasteiger partial charge in [0.15, 0.2) is 0 Å². The number of thiophene rings is 1. The van der Waals surface area contributed by atoms with E-state index in [1.165, 1.54) is 21.6 Å². The summed E-state index contributed by atoms with van der Waals surface area (Å²) in [6, 6.07) is 29.6. The summed E-state index contributed by atoms with van der Waals surface area (Å²) in [5.41, 5.74) is 6.06. The second-order valence-electron chi connectivity index (χ2n) is 9.56. The lowest BCUT2D eigenvalue weighted by Crippen LogP contribution is -2.34. The lowest BCUT2D eigenvalue weighted by Gasteiger charge is -2.36. The molecule has 2 atom stereocenters. The number of carbonyl (C=O) groups is 1. The standard InChI is InChI=1S/C33H31NO3S/c1-2-7-28(21-32(35)36)26-12-14-29(15-13-26)37-23-25-9-6-8-24(20-25)22-34-18-16-31-30(17-19-38-31)33(34)27-10-4-3-5-11-27/h3-6,8-15,17,19-20,28,33H,16,18,21-23H2,1H3,(H,35,36). The Labute approximate surface area is 228 Å². The fourth-order valence-corrected chi connectivity index (χ4v) is 6.08. The van der Waals surface area contributed by atoms with Gasteiger partial charge in [-0.2, -0.15) is 0 Å². The molecule has 0 bridgehead atoms. The van der Waals surface area contributed by atoms with Crippen molar-refractivity contribution in [3.8, 4) is 17.6 Å². The molecule has 1 aliphatic heterocycles. The van der Waals surface area contributed by atoms with Gasteiger partial charge >= 0.3 is 5.97 Å². The molecule has 0 saturated carbocycles. The van der Waals surface area contributed by atoms with Gasteiger partial charge in [-0.1, -0.05) is 72.7 Å². The van der Waals surface area contributed by atoms with Crippen molar-refractivity contribution in [1.82, 2.24) is 4.90 Å². The summed E-state index contributed by atoms with van der Waals surface area (Å²) in [4.78, 5) is 15.3. The average Bonchev–Trinajstić information content (AvgIpc) is 3.41. The van der Waals surface area contributed by atoms with Crippen LogP contribution in [-0.2, 0) is 24.4 Å². The molecule has 1 N–H and O–H groups in total. The molecule has 4 nitrogen and oxygen atoms in total. The molecule has 3 aromatic carbocycles. The molecular weight excluding hydrogens is 490 g/mol. The Morgan fingerprint density at radius 3 is 2.61 bits per heavy atom. The Morgan fingerprint density at radius 2 is 1.84 bits per heavy atom. The summed E-state index contributed by atoms with van der Waals surface area (Å²) in [6.07, 6.45) is 1.08. The van der Waals surface area contributed by atoms with Crippen molar-refractivity contribution < 1.29 is 14.6 Å². The van der Waals surface area contributed by atoms with Crippen molar-refractivity contribution in [3.63, 3.8) is 0 Å². The zero-order chi connectivity index (χ0) is 26.3. The van der Waals surface area contributed by atoms with Gasteiger partial charge in [-0.25, -0.2) is 0 Å². The normalized spacial score (nSPS) is 15.7. The van der Waals surface area contributed by atoms with E-state index >= 15 is 0 Å². The van der Waals surface area contributed by atoms with E-state index < -0.39 is 5.97 Å². The number of fused-ring (bicyclic) bond motifs is 1. The van der Waals surface area contributed by atoms with E-state index in [-0.39, 0.29) is 18.4 Å². The first-order valence-corrected chi connectivity index (χ1v) is 13.8. The number of nitrogens with zero attached hydrogens (tertiary/aromatic N) is 1. The number of ether oxygens (including phenoxy) is 1. The molecule has 1 aromatic heterocycles. The molecule has 4 aromatic rings. The lowest BCUT2D eigenvalue weighted by molar-refractivity contribution is -0.137. The van der Waals surface area contributed by atoms with Crippen molar-refractivity contribution in [3.05, 3.63) is 123 Å². The van der Waals surface area contributed by atoms with Crippen LogP contribution in [0, 0.1) is 11.8 Å². The van der Waals surface area contributed by atoms with E-state index in [2.05, 4.69) is 82.8 Å². The van der Waals surface area contributed by atoms with Crippen LogP contribution >= 0.6 is 11.3 Å². The number of rotatable bonds is 9. The molecule has 2 heterocycles. The Morgan fingerprint density at radius 1 is 1.05 bits per heavy atom. The van der Waals surface area contributed by atoms with Crippen LogP contribution < -0.4 is 4.74 Å². The van der Waals surface area contributed by atoms with Crippen LogP contribution in [0.4, 0.5) is 0 Å². The Kier molecular flexibility index (Phi) is 8.23. The second-order valence-corrected chi connectivity index (χ2v) is 10.6. The van der Waals surface area contributed by atoms with E-state index in [4.69, 9.17) is 4.74 Å². The summed E-state index contributed by atoms with van der Waals surface area (Å²) in [5, 5.41) is 11.4. The molecule has 5 rings (SSSR count). The van der Waals surface area contributed by atoms with Crippen LogP contribution in [0.5, 0.6) is 5.75 Å². The Bertz CT molecular complexity index is 1430. The zero-order valence-electron chi connectivity index (χ0n) is 21.5. The molecule has 0 spiro atoms. The van der Waals surface area contributed by atoms with Gasteiger partial charge in [-0.15, -0.1) is 17.3 Å². The third-order valence-corrected chi connectivity index (χ3v) is 7.94. The molecular formula is C33H31NO3S. The molecule has 38 heavy (non-hydrogen) atoms. The van der Waals surface area contributed by atoms with Crippen LogP contribution in [0.15, 0.2) is 90.3 Å². The van der Waals surface area contributed by atoms with E-state index in [0.717, 1.165) is 36.4 Å². The molecule has 192 valence electrons. The monoisotopic (exact) mass is 521 g/mol. The summed E-state index contributed by atoms with van der Waals surface area (Å²) in [5.74, 6) is 5.41. The molecule has 0 amide bonds. The van der Waals surface area contributed by atoms with Gasteiger partial charge < -0.3 is 9.84 Å². The van der Waals surface area contributed by atoms with E-state index in [1.54, 1.807) is 6.92 Å². The smallest absolute Gasteiger partial charge is 0.304 e. The highest BCUT2D eigenvalue weighted by Gasteiger charge is 2.29. The SMILES string of the molecule is CC#CC(CC(=O)O)c1ccc(OCc2cccc(CN3CCc4sccc4C3c3ccccc3)c2)cc1. The predicted molar refractivity (Wildman–Crippen MR) is 152 cm³/mol. The van der Waals surface area contributed by atoms with Crippen molar-refractivity contribution in [2.45, 2.75) is 44.9 Å². The maximum Gasteiger partial charge on any atom is 0.304 e. The summed E-state index contributed by atoms with van der Waals surface area (Å²) < 4.78 is 6.07. The van der Waals surface area contributed by atoms with Crippen LogP contribution in [0.2, 0.25) is 0 Å². The van der Waals surface area contributed by atoms with E-state index in [9.17, 15) is 9.90 Å². The second kappa shape index (κ2) is 12.1. The number of aliphatic carboxylic acids is 1. The van der Waals surface area contributed by atoms with Crippen molar-refractivity contribution in [2.75, 3.05) is 6.54 Å². The zero-order valence-corrected chi connectivity index (χ0v) is 22.3. The predicted octanol–water partition coefficient (Wildman–Crippen LogP) is 7.06. The largest absolute Gasteiger partial charge is 0.489 e. The molecule has 0 fully saturated rings. The quantitative estimate of drug-likeness (QED) is 0.240. The van der Waals surface area contributed by atoms with Crippen LogP contribution in [0.1, 0.15) is 58.0 Å². The van der Waals surface area contributed by atoms with Crippen LogP contribution in [0.3, 0.4) is 0 Å². The minimum atomic E-state index is -0.853. The molecule has 0 aliphatic carbocycles. The van der Waals surface area contributed by atoms with Crippen LogP contribution in [-0.4, -0.2) is 22.5 Å². The minimum Gasteiger partial charge on any atom is -0.489 e. The average molecular weight is 522 g/mol. The van der Waals surface area contributed by atoms with Gasteiger partial charge in [0.25, 0.3) is 0 Å². The highest BCUT2D eigenvalue weighted by Crippen LogP contribution is 2.38. The van der Waals surface area contributed by atoms with Gasteiger partial charge in [0, 0.05) is 18.0 Å². The number of carboxylic acids is 1. The van der Waals surface area contributed by atoms with E-state index in [1.807, 2.05) is 35.6 Å². The van der Waals surface area contributed by atoms with Crippen molar-refractivity contribution >= 4 is 17.3 Å². The molecule has 0 radical (unpaired) electrons. The third kappa shape index (κ3) is 6.16. The first-order chi connectivity index (χ1) is 18.6. The highest BCUT2D eigenvalue weighted by molar-refractivity contribution is 7.10. The number of hydrogen-bond acceptors (Lipinski definition) is 4. The molecule has 0 saturated heterocycles. The summed E-state index contributed by atoms with van der Waals surface area (Å²) in [6.45, 7) is 4.11. The fraction of sp³-hybridized carbons (Fsp3) is 0.242. The van der Waals surface area contributed by atoms with Gasteiger partial charge in [0.05, 0.1) is 18.4 Å². The van der Waals surface area contributed by atoms with Gasteiger partial charge in [-0.3, -0.25) is 9.69 Å². The Hall–Kier alpha value is -3.85. The van der Waals surface area contributed by atoms with Gasteiger partial charge in [0.2, 0.25) is 0 Å². The lowest BCUT2D eigenvalue weighted by atomic mass is 9.93. The first-order valence-electron chi connectivity index (χ1n) is 12.9. The topological polar surface area (TPSA) is 49.8 Å². The molecule has 2 unspecified atom stereocenters. The number of hydrogen-bond donors (Lipinski definition) is 1. The maximum absolute atomic E-state index is 11.2. The number of carboxylic acid groups (broad SMARTS) is 1. The minimum absolute atomic E-state index is 0.0102. The van der Waals surface area contributed by atoms with Gasteiger partial charge in [-0.05, 0) is 64.7 Å². The fourth-order valence-electron chi connectivity index (χ4n) is 5.18. The van der Waals surface area contributed by atoms with E-state index in [0.29, 0.717) is 6.61 Å². The van der Waals surface area contributed by atoms with Crippen molar-refractivity contribution in [2.24, 2.45) is 0 Å². The maximum atomic E-state index is 11.2.